The van der Waals surface area contributed by atoms with E-state index in [9.17, 15) is 13.2 Å². The molecule has 10 heteroatoms. The van der Waals surface area contributed by atoms with E-state index in [1.54, 1.807) is 6.92 Å². The van der Waals surface area contributed by atoms with E-state index in [2.05, 4.69) is 30.3 Å². The summed E-state index contributed by atoms with van der Waals surface area (Å²) in [4.78, 5) is 9.40. The highest BCUT2D eigenvalue weighted by atomic mass is 19.3. The second-order valence-electron chi connectivity index (χ2n) is 8.85. The van der Waals surface area contributed by atoms with Gasteiger partial charge in [-0.1, -0.05) is 18.2 Å². The number of alkyl halides is 2. The molecular formula is C24H27F3N6O. The van der Waals surface area contributed by atoms with Crippen molar-refractivity contribution in [3.8, 4) is 0 Å². The zero-order valence-corrected chi connectivity index (χ0v) is 19.1. The molecule has 0 spiro atoms. The Balaban J connectivity index is 1.45. The Morgan fingerprint density at radius 3 is 2.79 bits per heavy atom. The first-order valence-corrected chi connectivity index (χ1v) is 11.4. The molecule has 1 aromatic carbocycles. The van der Waals surface area contributed by atoms with Crippen molar-refractivity contribution >= 4 is 22.4 Å². The van der Waals surface area contributed by atoms with Gasteiger partial charge < -0.3 is 15.0 Å². The highest BCUT2D eigenvalue weighted by molar-refractivity contribution is 5.92. The average Bonchev–Trinajstić information content (AvgIpc) is 2.85. The van der Waals surface area contributed by atoms with Gasteiger partial charge in [-0.3, -0.25) is 9.88 Å². The van der Waals surface area contributed by atoms with Crippen LogP contribution in [-0.4, -0.2) is 65.5 Å². The fourth-order valence-corrected chi connectivity index (χ4v) is 4.76. The third-order valence-electron chi connectivity index (χ3n) is 6.69. The Morgan fingerprint density at radius 2 is 1.97 bits per heavy atom. The van der Waals surface area contributed by atoms with Crippen LogP contribution >= 0.6 is 0 Å². The number of benzene rings is 1. The van der Waals surface area contributed by atoms with Crippen LogP contribution in [-0.2, 0) is 4.74 Å². The summed E-state index contributed by atoms with van der Waals surface area (Å²) in [5.41, 5.74) is 1.87. The molecule has 0 amide bonds. The number of pyridine rings is 1. The second kappa shape index (κ2) is 9.34. The van der Waals surface area contributed by atoms with Gasteiger partial charge in [0, 0.05) is 37.1 Å². The number of nitrogens with one attached hydrogen (secondary N) is 1. The third-order valence-corrected chi connectivity index (χ3v) is 6.69. The average molecular weight is 473 g/mol. The molecule has 0 aliphatic carbocycles. The minimum absolute atomic E-state index is 0.144. The molecule has 0 saturated carbocycles. The van der Waals surface area contributed by atoms with Gasteiger partial charge in [0.25, 0.3) is 6.43 Å². The molecule has 2 aliphatic rings. The first-order valence-electron chi connectivity index (χ1n) is 11.4. The van der Waals surface area contributed by atoms with Crippen molar-refractivity contribution in [2.24, 2.45) is 0 Å². The number of hydrogen-bond donors (Lipinski definition) is 1. The van der Waals surface area contributed by atoms with Gasteiger partial charge in [-0.2, -0.15) is 5.10 Å². The molecule has 2 atom stereocenters. The molecule has 2 fully saturated rings. The maximum atomic E-state index is 14.7. The molecule has 2 saturated heterocycles. The Labute approximate surface area is 195 Å². The number of aryl methyl sites for hydroxylation is 1. The molecule has 0 radical (unpaired) electrons. The SMILES string of the molecule is Cc1nnc(N[C@H](C)c2cccc(C(F)F)c2F)c2cc(N3CCN4CCOC[C@@H]4C3)cnc12. The number of anilines is 2. The first-order chi connectivity index (χ1) is 16.4. The molecule has 0 bridgehead atoms. The lowest BCUT2D eigenvalue weighted by atomic mass is 10.0. The molecule has 5 rings (SSSR count). The molecule has 1 N–H and O–H groups in total. The summed E-state index contributed by atoms with van der Waals surface area (Å²) in [6.45, 7) is 8.68. The fourth-order valence-electron chi connectivity index (χ4n) is 4.76. The number of ether oxygens (including phenoxy) is 1. The molecule has 4 heterocycles. The number of nitrogens with zero attached hydrogens (tertiary/aromatic N) is 5. The lowest BCUT2D eigenvalue weighted by molar-refractivity contribution is -0.0116. The molecule has 7 nitrogen and oxygen atoms in total. The van der Waals surface area contributed by atoms with Crippen LogP contribution in [0, 0.1) is 12.7 Å². The molecule has 3 aromatic rings. The molecule has 2 aliphatic heterocycles. The molecular weight excluding hydrogens is 445 g/mol. The van der Waals surface area contributed by atoms with E-state index in [-0.39, 0.29) is 5.56 Å². The molecule has 0 unspecified atom stereocenters. The maximum absolute atomic E-state index is 14.7. The summed E-state index contributed by atoms with van der Waals surface area (Å²) in [6.07, 6.45) is -1.04. The monoisotopic (exact) mass is 472 g/mol. The van der Waals surface area contributed by atoms with Gasteiger partial charge in [-0.15, -0.1) is 5.10 Å². The van der Waals surface area contributed by atoms with Crippen LogP contribution in [0.2, 0.25) is 0 Å². The zero-order valence-electron chi connectivity index (χ0n) is 19.1. The van der Waals surface area contributed by atoms with Gasteiger partial charge in [0.1, 0.15) is 5.82 Å². The quantitative estimate of drug-likeness (QED) is 0.600. The van der Waals surface area contributed by atoms with Crippen molar-refractivity contribution in [2.45, 2.75) is 32.4 Å². The minimum Gasteiger partial charge on any atom is -0.378 e. The van der Waals surface area contributed by atoms with Crippen molar-refractivity contribution in [3.63, 3.8) is 0 Å². The largest absolute Gasteiger partial charge is 0.378 e. The number of piperazine rings is 1. The number of hydrogen-bond acceptors (Lipinski definition) is 7. The van der Waals surface area contributed by atoms with Crippen LogP contribution in [0.15, 0.2) is 30.5 Å². The Hall–Kier alpha value is -2.98. The van der Waals surface area contributed by atoms with Crippen molar-refractivity contribution in [2.75, 3.05) is 49.6 Å². The summed E-state index contributed by atoms with van der Waals surface area (Å²) in [6, 6.07) is 5.79. The highest BCUT2D eigenvalue weighted by Gasteiger charge is 2.30. The van der Waals surface area contributed by atoms with Crippen molar-refractivity contribution in [1.82, 2.24) is 20.1 Å². The lowest BCUT2D eigenvalue weighted by Gasteiger charge is -2.44. The second-order valence-corrected chi connectivity index (χ2v) is 8.85. The smallest absolute Gasteiger partial charge is 0.266 e. The molecule has 34 heavy (non-hydrogen) atoms. The van der Waals surface area contributed by atoms with Crippen LogP contribution in [0.1, 0.15) is 36.2 Å². The maximum Gasteiger partial charge on any atom is 0.266 e. The van der Waals surface area contributed by atoms with Crippen molar-refractivity contribution in [1.29, 1.82) is 0 Å². The predicted octanol–water partition coefficient (Wildman–Crippen LogP) is 4.10. The Morgan fingerprint density at radius 1 is 1.15 bits per heavy atom. The van der Waals surface area contributed by atoms with Crippen LogP contribution in [0.25, 0.3) is 10.9 Å². The van der Waals surface area contributed by atoms with E-state index in [4.69, 9.17) is 4.74 Å². The van der Waals surface area contributed by atoms with E-state index in [0.29, 0.717) is 23.1 Å². The molecule has 180 valence electrons. The molecule has 2 aromatic heterocycles. The van der Waals surface area contributed by atoms with Gasteiger partial charge >= 0.3 is 0 Å². The number of aromatic nitrogens is 3. The van der Waals surface area contributed by atoms with Gasteiger partial charge in [0.2, 0.25) is 0 Å². The van der Waals surface area contributed by atoms with E-state index >= 15 is 0 Å². The first kappa shape index (κ1) is 22.8. The number of morpholine rings is 1. The summed E-state index contributed by atoms with van der Waals surface area (Å²) >= 11 is 0. The van der Waals surface area contributed by atoms with Gasteiger partial charge in [0.15, 0.2) is 5.82 Å². The number of halogens is 3. The summed E-state index contributed by atoms with van der Waals surface area (Å²) < 4.78 is 46.7. The summed E-state index contributed by atoms with van der Waals surface area (Å²) in [5.74, 6) is -0.475. The summed E-state index contributed by atoms with van der Waals surface area (Å²) in [5, 5.41) is 12.4. The van der Waals surface area contributed by atoms with E-state index in [1.165, 1.54) is 12.1 Å². The number of fused-ring (bicyclic) bond motifs is 2. The highest BCUT2D eigenvalue weighted by Crippen LogP contribution is 2.32. The Kier molecular flexibility index (Phi) is 6.26. The van der Waals surface area contributed by atoms with Crippen LogP contribution in [0.3, 0.4) is 0 Å². The van der Waals surface area contributed by atoms with E-state index in [0.717, 1.165) is 56.5 Å². The third kappa shape index (κ3) is 4.27. The zero-order chi connectivity index (χ0) is 23.8. The summed E-state index contributed by atoms with van der Waals surface area (Å²) in [7, 11) is 0. The minimum atomic E-state index is -2.88. The fraction of sp³-hybridized carbons (Fsp3) is 0.458. The Bertz CT molecular complexity index is 1190. The number of rotatable bonds is 5. The van der Waals surface area contributed by atoms with Gasteiger partial charge in [0.05, 0.1) is 54.0 Å². The van der Waals surface area contributed by atoms with E-state index in [1.807, 2.05) is 19.2 Å². The van der Waals surface area contributed by atoms with Crippen molar-refractivity contribution < 1.29 is 17.9 Å². The van der Waals surface area contributed by atoms with Crippen LogP contribution in [0.4, 0.5) is 24.7 Å². The van der Waals surface area contributed by atoms with Crippen LogP contribution in [0.5, 0.6) is 0 Å². The van der Waals surface area contributed by atoms with E-state index < -0.39 is 23.8 Å². The standard InChI is InChI=1S/C24H27F3N6O/c1-14(18-4-3-5-19(21(18)25)23(26)27)29-24-20-10-16(11-28-22(20)15(2)30-31-24)33-7-6-32-8-9-34-13-17(32)12-33/h3-5,10-11,14,17,23H,6-9,12-13H2,1-2H3,(H,29,31)/t14-,17+/m1/s1. The van der Waals surface area contributed by atoms with Crippen molar-refractivity contribution in [3.05, 3.63) is 53.1 Å². The van der Waals surface area contributed by atoms with Gasteiger partial charge in [-0.05, 0) is 19.9 Å². The topological polar surface area (TPSA) is 66.4 Å². The van der Waals surface area contributed by atoms with Gasteiger partial charge in [-0.25, -0.2) is 13.2 Å². The predicted molar refractivity (Wildman–Crippen MR) is 124 cm³/mol. The normalized spacial score (nSPS) is 19.9. The van der Waals surface area contributed by atoms with Crippen LogP contribution < -0.4 is 10.2 Å². The lowest BCUT2D eigenvalue weighted by Crippen LogP contribution is -2.58.